The molecular weight excluding hydrogens is 506 g/mol. The Balaban J connectivity index is 1.44. The number of carbonyl (C=O) groups is 2. The first-order valence-electron chi connectivity index (χ1n) is 12.3. The van der Waals surface area contributed by atoms with Crippen LogP contribution in [-0.4, -0.2) is 45.1 Å². The van der Waals surface area contributed by atoms with E-state index in [1.165, 1.54) is 29.1 Å². The molecule has 2 N–H and O–H groups in total. The van der Waals surface area contributed by atoms with E-state index in [9.17, 15) is 18.4 Å². The molecule has 11 heteroatoms. The van der Waals surface area contributed by atoms with E-state index in [0.717, 1.165) is 0 Å². The molecule has 2 amide bonds. The largest absolute Gasteiger partial charge is 0.477 e. The number of nitrogens with one attached hydrogen (secondary N) is 2. The lowest BCUT2D eigenvalue weighted by Crippen LogP contribution is -2.42. The van der Waals surface area contributed by atoms with Crippen molar-refractivity contribution >= 4 is 23.2 Å². The molecule has 0 unspecified atom stereocenters. The first kappa shape index (κ1) is 24.4. The van der Waals surface area contributed by atoms with Crippen LogP contribution in [-0.2, 0) is 11.3 Å². The minimum Gasteiger partial charge on any atom is -0.477 e. The standard InChI is InChI=1S/C28H22F2N6O3/c1-15-13-18(24(30)31-14-15)23-20(28-36(35-23)11-6-12-39-28)26(37)34-25-27(38)33-22-17(9-5-10-19(22)29)21(32-25)16-7-3-2-4-8-16/h2-5,7-10,13-14,25H,6,11-12H2,1H3,(H,33,38)(H,34,37)/t25-/m1/s1. The zero-order valence-electron chi connectivity index (χ0n) is 20.7. The van der Waals surface area contributed by atoms with Crippen molar-refractivity contribution in [1.29, 1.82) is 0 Å². The van der Waals surface area contributed by atoms with Crippen molar-refractivity contribution in [2.45, 2.75) is 26.1 Å². The molecule has 6 rings (SSSR count). The molecule has 0 bridgehead atoms. The van der Waals surface area contributed by atoms with Crippen LogP contribution in [0.4, 0.5) is 14.5 Å². The Morgan fingerprint density at radius 1 is 1.13 bits per heavy atom. The number of anilines is 1. The molecule has 0 aliphatic carbocycles. The van der Waals surface area contributed by atoms with Crippen molar-refractivity contribution < 1.29 is 23.1 Å². The molecule has 4 heterocycles. The maximum absolute atomic E-state index is 14.8. The number of para-hydroxylation sites is 1. The SMILES string of the molecule is Cc1cnc(F)c(-c2nn3c(c2C(=O)N[C@H]2N=C(c4ccccc4)c4cccc(F)c4NC2=O)OCCC3)c1. The van der Waals surface area contributed by atoms with Gasteiger partial charge in [-0.2, -0.15) is 9.49 Å². The Labute approximate surface area is 221 Å². The summed E-state index contributed by atoms with van der Waals surface area (Å²) < 4.78 is 36.9. The summed E-state index contributed by atoms with van der Waals surface area (Å²) in [6, 6.07) is 14.9. The highest BCUT2D eigenvalue weighted by Gasteiger charge is 2.34. The van der Waals surface area contributed by atoms with E-state index >= 15 is 0 Å². The number of aromatic nitrogens is 3. The Morgan fingerprint density at radius 3 is 2.77 bits per heavy atom. The highest BCUT2D eigenvalue weighted by molar-refractivity contribution is 6.20. The minimum atomic E-state index is -1.44. The van der Waals surface area contributed by atoms with Gasteiger partial charge in [0, 0.05) is 30.3 Å². The molecule has 2 aliphatic heterocycles. The third-order valence-electron chi connectivity index (χ3n) is 6.46. The maximum atomic E-state index is 14.8. The average molecular weight is 529 g/mol. The van der Waals surface area contributed by atoms with Crippen LogP contribution < -0.4 is 15.4 Å². The summed E-state index contributed by atoms with van der Waals surface area (Å²) in [4.78, 5) is 35.3. The van der Waals surface area contributed by atoms with Crippen molar-refractivity contribution in [1.82, 2.24) is 20.1 Å². The fourth-order valence-electron chi connectivity index (χ4n) is 4.66. The van der Waals surface area contributed by atoms with E-state index in [-0.39, 0.29) is 28.4 Å². The lowest BCUT2D eigenvalue weighted by Gasteiger charge is -2.17. The Hall–Kier alpha value is -4.93. The first-order valence-corrected chi connectivity index (χ1v) is 12.3. The van der Waals surface area contributed by atoms with E-state index in [1.807, 2.05) is 6.07 Å². The fourth-order valence-corrected chi connectivity index (χ4v) is 4.66. The van der Waals surface area contributed by atoms with Gasteiger partial charge in [0.1, 0.15) is 17.1 Å². The quantitative estimate of drug-likeness (QED) is 0.391. The molecule has 39 heavy (non-hydrogen) atoms. The van der Waals surface area contributed by atoms with Gasteiger partial charge in [0.25, 0.3) is 11.8 Å². The molecule has 0 fully saturated rings. The van der Waals surface area contributed by atoms with Gasteiger partial charge in [-0.3, -0.25) is 9.59 Å². The predicted molar refractivity (Wildman–Crippen MR) is 139 cm³/mol. The third-order valence-corrected chi connectivity index (χ3v) is 6.46. The van der Waals surface area contributed by atoms with Gasteiger partial charge in [-0.05, 0) is 24.6 Å². The second kappa shape index (κ2) is 9.75. The van der Waals surface area contributed by atoms with Crippen LogP contribution in [0.25, 0.3) is 11.3 Å². The fraction of sp³-hybridized carbons (Fsp3) is 0.179. The normalized spacial score (nSPS) is 16.2. The molecule has 0 saturated heterocycles. The van der Waals surface area contributed by atoms with Gasteiger partial charge in [-0.25, -0.2) is 19.0 Å². The number of aryl methyl sites for hydroxylation is 2. The minimum absolute atomic E-state index is 0.0268. The van der Waals surface area contributed by atoms with Crippen LogP contribution in [0.1, 0.15) is 33.5 Å². The summed E-state index contributed by atoms with van der Waals surface area (Å²) in [6.07, 6.45) is 0.591. The topological polar surface area (TPSA) is 111 Å². The zero-order chi connectivity index (χ0) is 27.1. The van der Waals surface area contributed by atoms with Crippen LogP contribution in [0.5, 0.6) is 5.88 Å². The number of ether oxygens (including phenoxy) is 1. The number of carbonyl (C=O) groups excluding carboxylic acids is 2. The van der Waals surface area contributed by atoms with Crippen LogP contribution in [0.3, 0.4) is 0 Å². The molecule has 4 aromatic rings. The Kier molecular flexibility index (Phi) is 6.10. The third kappa shape index (κ3) is 4.41. The molecule has 2 aromatic heterocycles. The molecule has 1 atom stereocenters. The van der Waals surface area contributed by atoms with E-state index in [4.69, 9.17) is 4.74 Å². The number of halogens is 2. The van der Waals surface area contributed by atoms with E-state index < -0.39 is 29.7 Å². The van der Waals surface area contributed by atoms with E-state index in [2.05, 4.69) is 25.7 Å². The average Bonchev–Trinajstić information content (AvgIpc) is 3.26. The lowest BCUT2D eigenvalue weighted by atomic mass is 10.0. The Morgan fingerprint density at radius 2 is 1.95 bits per heavy atom. The van der Waals surface area contributed by atoms with Gasteiger partial charge in [0.2, 0.25) is 18.0 Å². The second-order valence-electron chi connectivity index (χ2n) is 9.18. The predicted octanol–water partition coefficient (Wildman–Crippen LogP) is 3.86. The summed E-state index contributed by atoms with van der Waals surface area (Å²) >= 11 is 0. The van der Waals surface area contributed by atoms with Crippen LogP contribution in [0.2, 0.25) is 0 Å². The Bertz CT molecular complexity index is 1650. The molecule has 0 radical (unpaired) electrons. The molecule has 196 valence electrons. The first-order chi connectivity index (χ1) is 18.9. The number of benzene rings is 2. The highest BCUT2D eigenvalue weighted by atomic mass is 19.1. The van der Waals surface area contributed by atoms with Crippen molar-refractivity contribution in [3.8, 4) is 17.1 Å². The van der Waals surface area contributed by atoms with Gasteiger partial charge >= 0.3 is 0 Å². The van der Waals surface area contributed by atoms with Crippen molar-refractivity contribution in [3.05, 3.63) is 94.8 Å². The number of nitrogens with zero attached hydrogens (tertiary/aromatic N) is 4. The van der Waals surface area contributed by atoms with Gasteiger partial charge in [0.15, 0.2) is 0 Å². The number of amides is 2. The second-order valence-corrected chi connectivity index (χ2v) is 9.18. The number of fused-ring (bicyclic) bond motifs is 2. The van der Waals surface area contributed by atoms with Crippen LogP contribution >= 0.6 is 0 Å². The van der Waals surface area contributed by atoms with Crippen molar-refractivity contribution in [2.75, 3.05) is 11.9 Å². The number of aliphatic imine (C=N–C) groups is 1. The van der Waals surface area contributed by atoms with E-state index in [1.54, 1.807) is 37.3 Å². The van der Waals surface area contributed by atoms with Crippen LogP contribution in [0, 0.1) is 18.7 Å². The molecule has 0 saturated carbocycles. The summed E-state index contributed by atoms with van der Waals surface area (Å²) in [5.74, 6) is -2.78. The number of pyridine rings is 1. The number of hydrogen-bond donors (Lipinski definition) is 2. The summed E-state index contributed by atoms with van der Waals surface area (Å²) in [5.41, 5.74) is 1.96. The molecule has 2 aromatic carbocycles. The summed E-state index contributed by atoms with van der Waals surface area (Å²) in [6.45, 7) is 2.55. The van der Waals surface area contributed by atoms with Gasteiger partial charge in [-0.1, -0.05) is 42.5 Å². The number of benzodiazepines with no additional fused rings is 1. The molecular formula is C28H22F2N6O3. The zero-order valence-corrected chi connectivity index (χ0v) is 20.7. The number of hydrogen-bond acceptors (Lipinski definition) is 6. The monoisotopic (exact) mass is 528 g/mol. The number of rotatable bonds is 4. The highest BCUT2D eigenvalue weighted by Crippen LogP contribution is 2.34. The van der Waals surface area contributed by atoms with E-state index in [0.29, 0.717) is 42.0 Å². The van der Waals surface area contributed by atoms with Crippen LogP contribution in [0.15, 0.2) is 65.8 Å². The van der Waals surface area contributed by atoms with Crippen molar-refractivity contribution in [2.24, 2.45) is 4.99 Å². The molecule has 9 nitrogen and oxygen atoms in total. The lowest BCUT2D eigenvalue weighted by molar-refractivity contribution is -0.117. The van der Waals surface area contributed by atoms with Gasteiger partial charge < -0.3 is 15.4 Å². The molecule has 2 aliphatic rings. The van der Waals surface area contributed by atoms with Gasteiger partial charge in [-0.15, -0.1) is 0 Å². The smallest absolute Gasteiger partial charge is 0.269 e. The molecule has 0 spiro atoms. The maximum Gasteiger partial charge on any atom is 0.269 e. The van der Waals surface area contributed by atoms with Gasteiger partial charge in [0.05, 0.1) is 23.6 Å². The van der Waals surface area contributed by atoms with Crippen molar-refractivity contribution in [3.63, 3.8) is 0 Å². The summed E-state index contributed by atoms with van der Waals surface area (Å²) in [5, 5.41) is 9.62. The summed E-state index contributed by atoms with van der Waals surface area (Å²) in [7, 11) is 0.